The Morgan fingerprint density at radius 2 is 1.04 bits per heavy atom. The molecular formula is C46H29N3S. The molecule has 7 aromatic carbocycles. The highest BCUT2D eigenvalue weighted by Gasteiger charge is 2.18. The van der Waals surface area contributed by atoms with Crippen molar-refractivity contribution in [1.29, 1.82) is 0 Å². The summed E-state index contributed by atoms with van der Waals surface area (Å²) in [6, 6.07) is 62.4. The highest BCUT2D eigenvalue weighted by Crippen LogP contribution is 2.43. The molecule has 0 unspecified atom stereocenters. The maximum atomic E-state index is 5.12. The average Bonchev–Trinajstić information content (AvgIpc) is 3.74. The first-order valence-corrected chi connectivity index (χ1v) is 17.6. The minimum Gasteiger partial charge on any atom is -0.309 e. The van der Waals surface area contributed by atoms with E-state index in [1.165, 1.54) is 47.5 Å². The Hall–Kier alpha value is -6.36. The van der Waals surface area contributed by atoms with E-state index in [4.69, 9.17) is 9.97 Å². The van der Waals surface area contributed by atoms with Crippen LogP contribution in [0.4, 0.5) is 0 Å². The van der Waals surface area contributed by atoms with Gasteiger partial charge in [0.05, 0.1) is 22.4 Å². The predicted octanol–water partition coefficient (Wildman–Crippen LogP) is 12.6. The van der Waals surface area contributed by atoms with E-state index in [9.17, 15) is 0 Å². The summed E-state index contributed by atoms with van der Waals surface area (Å²) in [5.41, 5.74) is 10.8. The summed E-state index contributed by atoms with van der Waals surface area (Å²) in [5, 5.41) is 5.15. The largest absolute Gasteiger partial charge is 0.309 e. The Morgan fingerprint density at radius 1 is 0.400 bits per heavy atom. The number of hydrogen-bond donors (Lipinski definition) is 0. The van der Waals surface area contributed by atoms with Crippen molar-refractivity contribution in [2.45, 2.75) is 0 Å². The lowest BCUT2D eigenvalue weighted by atomic mass is 10.0. The molecule has 0 spiro atoms. The van der Waals surface area contributed by atoms with E-state index in [-0.39, 0.29) is 0 Å². The van der Waals surface area contributed by atoms with Gasteiger partial charge in [0.15, 0.2) is 5.82 Å². The van der Waals surface area contributed by atoms with Crippen molar-refractivity contribution in [3.8, 4) is 50.7 Å². The third-order valence-corrected chi connectivity index (χ3v) is 10.8. The Balaban J connectivity index is 1.14. The third-order valence-electron chi connectivity index (χ3n) is 9.62. The highest BCUT2D eigenvalue weighted by molar-refractivity contribution is 7.26. The first-order valence-electron chi connectivity index (χ1n) is 16.8. The SMILES string of the molecule is c1ccc(-c2cccc(-c3cc(-c4ccc(-n5c6ccccc6c6ccc7sc8ccccc8c7c65)cc4)nc(-c4ccccc4)n3)c2)cc1. The number of nitrogens with zero attached hydrogens (tertiary/aromatic N) is 3. The quantitative estimate of drug-likeness (QED) is 0.185. The molecule has 0 saturated heterocycles. The Labute approximate surface area is 293 Å². The van der Waals surface area contributed by atoms with Crippen LogP contribution in [0.5, 0.6) is 0 Å². The highest BCUT2D eigenvalue weighted by atomic mass is 32.1. The molecule has 0 aliphatic rings. The van der Waals surface area contributed by atoms with Crippen molar-refractivity contribution in [1.82, 2.24) is 14.5 Å². The normalized spacial score (nSPS) is 11.6. The van der Waals surface area contributed by atoms with Gasteiger partial charge in [0, 0.05) is 53.3 Å². The molecule has 0 bridgehead atoms. The molecule has 0 fully saturated rings. The standard InChI is InChI=1S/C46H29N3S/c1-3-12-30(13-4-1)33-16-11-17-34(28-33)40-29-39(47-46(48-40)32-14-5-2-6-15-32)31-22-24-35(25-23-31)49-41-20-9-7-18-36(41)37-26-27-43-44(45(37)49)38-19-8-10-21-42(38)50-43/h1-29H. The number of benzene rings is 7. The first kappa shape index (κ1) is 28.6. The van der Waals surface area contributed by atoms with Crippen molar-refractivity contribution in [3.63, 3.8) is 0 Å². The van der Waals surface area contributed by atoms with Gasteiger partial charge in [-0.2, -0.15) is 0 Å². The van der Waals surface area contributed by atoms with Crippen molar-refractivity contribution in [2.75, 3.05) is 0 Å². The molecule has 0 aliphatic carbocycles. The smallest absolute Gasteiger partial charge is 0.160 e. The predicted molar refractivity (Wildman–Crippen MR) is 211 cm³/mol. The lowest BCUT2D eigenvalue weighted by Gasteiger charge is -2.12. The van der Waals surface area contributed by atoms with E-state index in [2.05, 4.69) is 156 Å². The molecule has 50 heavy (non-hydrogen) atoms. The van der Waals surface area contributed by atoms with Gasteiger partial charge in [-0.25, -0.2) is 9.97 Å². The van der Waals surface area contributed by atoms with Crippen LogP contribution in [0.25, 0.3) is 92.7 Å². The van der Waals surface area contributed by atoms with Gasteiger partial charge < -0.3 is 4.57 Å². The van der Waals surface area contributed by atoms with Gasteiger partial charge in [-0.15, -0.1) is 11.3 Å². The molecule has 0 saturated carbocycles. The zero-order chi connectivity index (χ0) is 33.0. The second kappa shape index (κ2) is 11.7. The summed E-state index contributed by atoms with van der Waals surface area (Å²) >= 11 is 1.86. The number of rotatable bonds is 5. The average molecular weight is 656 g/mol. The molecule has 0 radical (unpaired) electrons. The Kier molecular flexibility index (Phi) is 6.68. The van der Waals surface area contributed by atoms with Gasteiger partial charge in [-0.3, -0.25) is 0 Å². The molecule has 3 nitrogen and oxygen atoms in total. The van der Waals surface area contributed by atoms with Crippen molar-refractivity contribution >= 4 is 53.3 Å². The van der Waals surface area contributed by atoms with E-state index < -0.39 is 0 Å². The van der Waals surface area contributed by atoms with Crippen molar-refractivity contribution in [2.24, 2.45) is 0 Å². The van der Waals surface area contributed by atoms with Crippen molar-refractivity contribution in [3.05, 3.63) is 176 Å². The molecule has 10 aromatic rings. The van der Waals surface area contributed by atoms with Crippen LogP contribution in [0.2, 0.25) is 0 Å². The molecule has 0 N–H and O–H groups in total. The summed E-state index contributed by atoms with van der Waals surface area (Å²) in [4.78, 5) is 10.2. The van der Waals surface area contributed by atoms with E-state index in [1.807, 2.05) is 35.6 Å². The molecule has 234 valence electrons. The van der Waals surface area contributed by atoms with Crippen LogP contribution in [0.3, 0.4) is 0 Å². The summed E-state index contributed by atoms with van der Waals surface area (Å²) in [6.45, 7) is 0. The number of hydrogen-bond acceptors (Lipinski definition) is 3. The topological polar surface area (TPSA) is 30.7 Å². The van der Waals surface area contributed by atoms with Crippen LogP contribution < -0.4 is 0 Å². The molecular weight excluding hydrogens is 627 g/mol. The minimum atomic E-state index is 0.710. The van der Waals surface area contributed by atoms with E-state index >= 15 is 0 Å². The number of aromatic nitrogens is 3. The van der Waals surface area contributed by atoms with E-state index in [1.54, 1.807) is 0 Å². The van der Waals surface area contributed by atoms with Gasteiger partial charge in [-0.1, -0.05) is 133 Å². The fourth-order valence-corrected chi connectivity index (χ4v) is 8.37. The summed E-state index contributed by atoms with van der Waals surface area (Å²) < 4.78 is 5.05. The Morgan fingerprint density at radius 3 is 1.84 bits per heavy atom. The molecule has 3 aromatic heterocycles. The summed E-state index contributed by atoms with van der Waals surface area (Å²) in [6.07, 6.45) is 0. The maximum absolute atomic E-state index is 5.12. The molecule has 3 heterocycles. The second-order valence-corrected chi connectivity index (χ2v) is 13.7. The molecule has 10 rings (SSSR count). The lowest BCUT2D eigenvalue weighted by Crippen LogP contribution is -1.97. The van der Waals surface area contributed by atoms with Crippen LogP contribution in [0, 0.1) is 0 Å². The maximum Gasteiger partial charge on any atom is 0.160 e. The van der Waals surface area contributed by atoms with Crippen LogP contribution in [0.15, 0.2) is 176 Å². The zero-order valence-corrected chi connectivity index (χ0v) is 27.8. The molecule has 0 atom stereocenters. The van der Waals surface area contributed by atoms with Crippen molar-refractivity contribution < 1.29 is 0 Å². The van der Waals surface area contributed by atoms with Gasteiger partial charge in [0.25, 0.3) is 0 Å². The van der Waals surface area contributed by atoms with Crippen LogP contribution >= 0.6 is 11.3 Å². The van der Waals surface area contributed by atoms with Crippen LogP contribution in [0.1, 0.15) is 0 Å². The van der Waals surface area contributed by atoms with Gasteiger partial charge in [0.1, 0.15) is 0 Å². The minimum absolute atomic E-state index is 0.710. The van der Waals surface area contributed by atoms with Gasteiger partial charge >= 0.3 is 0 Å². The lowest BCUT2D eigenvalue weighted by molar-refractivity contribution is 1.17. The fourth-order valence-electron chi connectivity index (χ4n) is 7.26. The molecule has 0 aliphatic heterocycles. The zero-order valence-electron chi connectivity index (χ0n) is 27.0. The molecule has 0 amide bonds. The monoisotopic (exact) mass is 655 g/mol. The Bertz CT molecular complexity index is 2850. The summed E-state index contributed by atoms with van der Waals surface area (Å²) in [5.74, 6) is 0.710. The van der Waals surface area contributed by atoms with Crippen LogP contribution in [-0.4, -0.2) is 14.5 Å². The fraction of sp³-hybridized carbons (Fsp3) is 0. The summed E-state index contributed by atoms with van der Waals surface area (Å²) in [7, 11) is 0. The first-order chi connectivity index (χ1) is 24.8. The number of thiophene rings is 1. The van der Waals surface area contributed by atoms with E-state index in [0.717, 1.165) is 39.3 Å². The second-order valence-electron chi connectivity index (χ2n) is 12.6. The van der Waals surface area contributed by atoms with E-state index in [0.29, 0.717) is 5.82 Å². The van der Waals surface area contributed by atoms with Gasteiger partial charge in [0.2, 0.25) is 0 Å². The van der Waals surface area contributed by atoms with Crippen LogP contribution in [-0.2, 0) is 0 Å². The number of fused-ring (bicyclic) bond motifs is 7. The van der Waals surface area contributed by atoms with Gasteiger partial charge in [-0.05, 0) is 53.6 Å². The number of para-hydroxylation sites is 1. The molecule has 4 heteroatoms. The third kappa shape index (κ3) is 4.73.